The molecule has 208 valence electrons. The van der Waals surface area contributed by atoms with E-state index in [0.29, 0.717) is 0 Å². The summed E-state index contributed by atoms with van der Waals surface area (Å²) in [5.74, 6) is 0. The van der Waals surface area contributed by atoms with E-state index in [4.69, 9.17) is 0 Å². The van der Waals surface area contributed by atoms with E-state index in [9.17, 15) is 0 Å². The first-order chi connectivity index (χ1) is 21.3. The molecule has 8 rings (SSSR count). The van der Waals surface area contributed by atoms with Crippen molar-refractivity contribution in [2.24, 2.45) is 0 Å². The zero-order chi connectivity index (χ0) is 28.6. The Labute approximate surface area is 270 Å². The van der Waals surface area contributed by atoms with E-state index in [1.165, 1.54) is 63.5 Å². The molecule has 8 aromatic rings. The number of hydrogen-bond donors (Lipinski definition) is 0. The average Bonchev–Trinajstić information content (AvgIpc) is 3.89. The summed E-state index contributed by atoms with van der Waals surface area (Å²) < 4.78 is 4.77. The van der Waals surface area contributed by atoms with Crippen molar-refractivity contribution in [3.63, 3.8) is 0 Å². The third-order valence-electron chi connectivity index (χ3n) is 7.28. The van der Waals surface area contributed by atoms with Crippen molar-refractivity contribution >= 4 is 57.1 Å². The molecule has 0 aliphatic heterocycles. The van der Waals surface area contributed by atoms with Gasteiger partial charge in [0.05, 0.1) is 42.3 Å². The van der Waals surface area contributed by atoms with E-state index < -0.39 is 0 Å². The predicted molar refractivity (Wildman–Crippen MR) is 189 cm³/mol. The summed E-state index contributed by atoms with van der Waals surface area (Å²) >= 11 is 8.91. The largest absolute Gasteiger partial charge is 0.308 e. The highest BCUT2D eigenvalue weighted by atomic mass is 32.2. The van der Waals surface area contributed by atoms with Gasteiger partial charge in [-0.3, -0.25) is 0 Å². The van der Waals surface area contributed by atoms with E-state index >= 15 is 0 Å². The molecule has 0 bridgehead atoms. The topological polar surface area (TPSA) is 9.86 Å². The number of aromatic nitrogens is 2. The quantitative estimate of drug-likeness (QED) is 0.160. The van der Waals surface area contributed by atoms with Crippen molar-refractivity contribution in [3.05, 3.63) is 143 Å². The normalized spacial score (nSPS) is 11.3. The first kappa shape index (κ1) is 26.8. The lowest BCUT2D eigenvalue weighted by molar-refractivity contribution is 1.10. The van der Waals surface area contributed by atoms with Gasteiger partial charge in [0, 0.05) is 21.2 Å². The molecule has 43 heavy (non-hydrogen) atoms. The molecule has 0 N–H and O–H groups in total. The maximum Gasteiger partial charge on any atom is 0.0635 e. The zero-order valence-corrected chi connectivity index (χ0v) is 26.9. The van der Waals surface area contributed by atoms with Crippen LogP contribution in [0.4, 0.5) is 0 Å². The maximum atomic E-state index is 2.38. The first-order valence-electron chi connectivity index (χ1n) is 13.8. The third kappa shape index (κ3) is 5.18. The van der Waals surface area contributed by atoms with Crippen molar-refractivity contribution in [2.75, 3.05) is 0 Å². The smallest absolute Gasteiger partial charge is 0.0635 e. The lowest BCUT2D eigenvalue weighted by Gasteiger charge is -2.14. The van der Waals surface area contributed by atoms with Gasteiger partial charge < -0.3 is 9.13 Å². The van der Waals surface area contributed by atoms with Crippen LogP contribution in [0.3, 0.4) is 0 Å². The second-order valence-corrected chi connectivity index (χ2v) is 14.8. The van der Waals surface area contributed by atoms with Crippen LogP contribution in [0.15, 0.2) is 153 Å². The molecule has 0 atom stereocenters. The average molecular weight is 645 g/mol. The Morgan fingerprint density at radius 1 is 0.349 bits per heavy atom. The summed E-state index contributed by atoms with van der Waals surface area (Å²) in [7, 11) is 0. The van der Waals surface area contributed by atoms with Crippen LogP contribution in [-0.2, 0) is 0 Å². The van der Waals surface area contributed by atoms with E-state index in [1.54, 1.807) is 57.1 Å². The van der Waals surface area contributed by atoms with Crippen molar-refractivity contribution < 1.29 is 0 Å². The van der Waals surface area contributed by atoms with Crippen LogP contribution in [0.25, 0.3) is 53.7 Å². The van der Waals surface area contributed by atoms with Gasteiger partial charge in [-0.25, -0.2) is 0 Å². The Morgan fingerprint density at radius 3 is 0.907 bits per heavy atom. The molecule has 0 radical (unpaired) electrons. The number of nitrogens with zero attached hydrogens (tertiary/aromatic N) is 2. The van der Waals surface area contributed by atoms with Gasteiger partial charge in [0.25, 0.3) is 0 Å². The van der Waals surface area contributed by atoms with E-state index in [0.717, 1.165) is 0 Å². The summed E-state index contributed by atoms with van der Waals surface area (Å²) in [6.45, 7) is 0. The van der Waals surface area contributed by atoms with Crippen molar-refractivity contribution in [3.8, 4) is 53.7 Å². The molecule has 7 heteroatoms. The van der Waals surface area contributed by atoms with Crippen LogP contribution in [0.2, 0.25) is 0 Å². The lowest BCUT2D eigenvalue weighted by atomic mass is 10.2. The number of thiophene rings is 4. The minimum Gasteiger partial charge on any atom is -0.308 e. The van der Waals surface area contributed by atoms with Crippen LogP contribution in [-0.4, -0.2) is 9.13 Å². The third-order valence-corrected chi connectivity index (χ3v) is 11.9. The highest BCUT2D eigenvalue weighted by Gasteiger charge is 2.17. The monoisotopic (exact) mass is 644 g/mol. The van der Waals surface area contributed by atoms with Crippen molar-refractivity contribution in [1.82, 2.24) is 9.13 Å². The Balaban J connectivity index is 1.09. The Hall–Kier alpha value is -3.85. The first-order valence-corrected chi connectivity index (χ1v) is 18.1. The maximum absolute atomic E-state index is 2.38. The second kappa shape index (κ2) is 11.7. The Kier molecular flexibility index (Phi) is 7.26. The molecule has 6 heterocycles. The molecule has 0 unspecified atom stereocenters. The molecule has 0 amide bonds. The summed E-state index contributed by atoms with van der Waals surface area (Å²) in [6.07, 6.45) is 0. The summed E-state index contributed by atoms with van der Waals surface area (Å²) in [4.78, 5) is 7.53. The Morgan fingerprint density at radius 2 is 0.651 bits per heavy atom. The predicted octanol–water partition coefficient (Wildman–Crippen LogP) is 12.3. The van der Waals surface area contributed by atoms with Crippen LogP contribution in [0.5, 0.6) is 0 Å². The minimum atomic E-state index is 1.17. The fourth-order valence-corrected chi connectivity index (χ4v) is 9.14. The van der Waals surface area contributed by atoms with Crippen molar-refractivity contribution in [2.45, 2.75) is 9.79 Å². The standard InChI is InChI=1S/C36H24N2S5/c1-5-33(39-21-1)29-17-18-30(34-6-2-22-40-34)37(29)25-9-13-27(14-10-25)43-28-15-11-26(12-16-28)38-31(35-7-3-23-41-35)19-20-32(38)36-8-4-24-42-36/h1-24H. The molecule has 0 saturated heterocycles. The molecule has 0 fully saturated rings. The summed E-state index contributed by atoms with van der Waals surface area (Å²) in [6, 6.07) is 44.1. The van der Waals surface area contributed by atoms with Crippen LogP contribution in [0.1, 0.15) is 0 Å². The number of hydrogen-bond acceptors (Lipinski definition) is 5. The van der Waals surface area contributed by atoms with Gasteiger partial charge in [0.1, 0.15) is 0 Å². The molecule has 0 spiro atoms. The van der Waals surface area contributed by atoms with Crippen LogP contribution >= 0.6 is 57.1 Å². The molecule has 0 saturated carbocycles. The van der Waals surface area contributed by atoms with E-state index in [2.05, 4.69) is 152 Å². The van der Waals surface area contributed by atoms with E-state index in [-0.39, 0.29) is 0 Å². The van der Waals surface area contributed by atoms with E-state index in [1.807, 2.05) is 0 Å². The van der Waals surface area contributed by atoms with Gasteiger partial charge in [0.15, 0.2) is 0 Å². The number of rotatable bonds is 8. The highest BCUT2D eigenvalue weighted by molar-refractivity contribution is 7.99. The highest BCUT2D eigenvalue weighted by Crippen LogP contribution is 2.39. The molecular weight excluding hydrogens is 621 g/mol. The zero-order valence-electron chi connectivity index (χ0n) is 22.8. The Bertz CT molecular complexity index is 1800. The number of benzene rings is 2. The summed E-state index contributed by atoms with van der Waals surface area (Å²) in [5.41, 5.74) is 7.25. The van der Waals surface area contributed by atoms with Crippen LogP contribution in [0, 0.1) is 0 Å². The van der Waals surface area contributed by atoms with Gasteiger partial charge in [-0.1, -0.05) is 36.0 Å². The molecule has 0 aliphatic rings. The minimum absolute atomic E-state index is 1.17. The SMILES string of the molecule is c1csc(-c2ccc(-c3cccs3)n2-c2ccc(Sc3ccc(-n4c(-c5cccs5)ccc4-c4cccs4)cc3)cc2)c1. The molecule has 0 aliphatic carbocycles. The summed E-state index contributed by atoms with van der Waals surface area (Å²) in [5, 5.41) is 8.57. The molecule has 6 aromatic heterocycles. The van der Waals surface area contributed by atoms with Gasteiger partial charge in [-0.15, -0.1) is 45.3 Å². The van der Waals surface area contributed by atoms with Gasteiger partial charge >= 0.3 is 0 Å². The lowest BCUT2D eigenvalue weighted by Crippen LogP contribution is -1.98. The fourth-order valence-electron chi connectivity index (χ4n) is 5.36. The fraction of sp³-hybridized carbons (Fsp3) is 0. The van der Waals surface area contributed by atoms with Crippen LogP contribution < -0.4 is 0 Å². The second-order valence-electron chi connectivity index (χ2n) is 9.88. The van der Waals surface area contributed by atoms with Crippen molar-refractivity contribution in [1.29, 1.82) is 0 Å². The molecule has 2 nitrogen and oxygen atoms in total. The van der Waals surface area contributed by atoms with Gasteiger partial charge in [0.2, 0.25) is 0 Å². The molecular formula is C36H24N2S5. The van der Waals surface area contributed by atoms with Gasteiger partial charge in [-0.05, 0) is 119 Å². The van der Waals surface area contributed by atoms with Gasteiger partial charge in [-0.2, -0.15) is 0 Å². The molecule has 2 aromatic carbocycles.